The molecule has 0 aromatic carbocycles. The Labute approximate surface area is 100 Å². The minimum atomic E-state index is -0.507. The van der Waals surface area contributed by atoms with Crippen LogP contribution in [0.5, 0.6) is 0 Å². The van der Waals surface area contributed by atoms with Gasteiger partial charge >= 0.3 is 0 Å². The molecule has 1 amide bonds. The first-order valence-electron chi connectivity index (χ1n) is 5.19. The van der Waals surface area contributed by atoms with Crippen molar-refractivity contribution in [2.45, 2.75) is 30.0 Å². The number of amides is 1. The molecule has 1 saturated carbocycles. The molecular weight excluding hydrogens is 237 g/mol. The summed E-state index contributed by atoms with van der Waals surface area (Å²) in [6.07, 6.45) is 3.20. The lowest BCUT2D eigenvalue weighted by Crippen LogP contribution is -2.26. The van der Waals surface area contributed by atoms with Crippen LogP contribution < -0.4 is 5.32 Å². The lowest BCUT2D eigenvalue weighted by atomic mass is 10.2. The largest absolute Gasteiger partial charge is 0.383 e. The van der Waals surface area contributed by atoms with Crippen LogP contribution in [0.2, 0.25) is 0 Å². The van der Waals surface area contributed by atoms with E-state index in [4.69, 9.17) is 27.9 Å². The SMILES string of the molecule is COCCNC(=O)CCC[C@H]1CC1(Cl)Cl. The van der Waals surface area contributed by atoms with Crippen molar-refractivity contribution in [1.29, 1.82) is 0 Å². The first-order valence-corrected chi connectivity index (χ1v) is 5.95. The molecule has 1 N–H and O–H groups in total. The molecule has 1 rings (SSSR count). The molecule has 0 saturated heterocycles. The van der Waals surface area contributed by atoms with Crippen molar-refractivity contribution in [3.8, 4) is 0 Å². The van der Waals surface area contributed by atoms with E-state index in [1.165, 1.54) is 0 Å². The maximum atomic E-state index is 11.2. The van der Waals surface area contributed by atoms with Crippen LogP contribution >= 0.6 is 23.2 Å². The number of halogens is 2. The van der Waals surface area contributed by atoms with E-state index in [2.05, 4.69) is 5.32 Å². The Morgan fingerprint density at radius 2 is 2.27 bits per heavy atom. The molecule has 0 unspecified atom stereocenters. The van der Waals surface area contributed by atoms with E-state index in [1.807, 2.05) is 0 Å². The van der Waals surface area contributed by atoms with Gasteiger partial charge in [-0.15, -0.1) is 23.2 Å². The standard InChI is InChI=1S/C10H17Cl2NO2/c1-15-6-5-13-9(14)4-2-3-8-7-10(8,11)12/h8H,2-7H2,1H3,(H,13,14)/t8-/m0/s1. The molecule has 1 aliphatic rings. The Morgan fingerprint density at radius 3 is 2.80 bits per heavy atom. The van der Waals surface area contributed by atoms with Gasteiger partial charge in [-0.3, -0.25) is 4.79 Å². The number of methoxy groups -OCH3 is 1. The molecule has 15 heavy (non-hydrogen) atoms. The van der Waals surface area contributed by atoms with Crippen molar-refractivity contribution in [2.75, 3.05) is 20.3 Å². The van der Waals surface area contributed by atoms with Crippen LogP contribution in [0.25, 0.3) is 0 Å². The van der Waals surface area contributed by atoms with E-state index >= 15 is 0 Å². The van der Waals surface area contributed by atoms with Gasteiger partial charge in [0.15, 0.2) is 0 Å². The molecule has 0 heterocycles. The zero-order valence-electron chi connectivity index (χ0n) is 8.89. The Balaban J connectivity index is 1.94. The first kappa shape index (κ1) is 13.1. The molecule has 88 valence electrons. The van der Waals surface area contributed by atoms with E-state index in [1.54, 1.807) is 7.11 Å². The molecular formula is C10H17Cl2NO2. The maximum Gasteiger partial charge on any atom is 0.220 e. The molecule has 1 aliphatic carbocycles. The molecule has 5 heteroatoms. The van der Waals surface area contributed by atoms with Gasteiger partial charge in [0.05, 0.1) is 6.61 Å². The Morgan fingerprint density at radius 1 is 1.60 bits per heavy atom. The van der Waals surface area contributed by atoms with E-state index in [0.29, 0.717) is 25.5 Å². The van der Waals surface area contributed by atoms with Crippen molar-refractivity contribution >= 4 is 29.1 Å². The van der Waals surface area contributed by atoms with Gasteiger partial charge in [-0.05, 0) is 25.2 Å². The van der Waals surface area contributed by atoms with Gasteiger partial charge in [-0.1, -0.05) is 0 Å². The third-order valence-electron chi connectivity index (χ3n) is 2.54. The summed E-state index contributed by atoms with van der Waals surface area (Å²) < 4.78 is 4.32. The summed E-state index contributed by atoms with van der Waals surface area (Å²) >= 11 is 11.7. The zero-order chi connectivity index (χ0) is 11.3. The highest BCUT2D eigenvalue weighted by Gasteiger charge is 2.50. The van der Waals surface area contributed by atoms with E-state index in [9.17, 15) is 4.79 Å². The van der Waals surface area contributed by atoms with Crippen molar-refractivity contribution in [3.05, 3.63) is 0 Å². The molecule has 1 fully saturated rings. The number of alkyl halides is 2. The normalized spacial score (nSPS) is 22.5. The second-order valence-corrected chi connectivity index (χ2v) is 5.44. The fourth-order valence-electron chi connectivity index (χ4n) is 1.47. The summed E-state index contributed by atoms with van der Waals surface area (Å²) in [6.45, 7) is 1.13. The van der Waals surface area contributed by atoms with E-state index in [0.717, 1.165) is 19.3 Å². The molecule has 1 atom stereocenters. The maximum absolute atomic E-state index is 11.2. The topological polar surface area (TPSA) is 38.3 Å². The van der Waals surface area contributed by atoms with Gasteiger partial charge in [0.2, 0.25) is 5.91 Å². The monoisotopic (exact) mass is 253 g/mol. The summed E-state index contributed by atoms with van der Waals surface area (Å²) in [5.74, 6) is 0.454. The lowest BCUT2D eigenvalue weighted by molar-refractivity contribution is -0.121. The van der Waals surface area contributed by atoms with Crippen LogP contribution in [-0.2, 0) is 9.53 Å². The summed E-state index contributed by atoms with van der Waals surface area (Å²) in [6, 6.07) is 0. The number of ether oxygens (including phenoxy) is 1. The van der Waals surface area contributed by atoms with Crippen molar-refractivity contribution in [3.63, 3.8) is 0 Å². The molecule has 0 aliphatic heterocycles. The van der Waals surface area contributed by atoms with Gasteiger partial charge in [0.25, 0.3) is 0 Å². The zero-order valence-corrected chi connectivity index (χ0v) is 10.4. The quantitative estimate of drug-likeness (QED) is 0.558. The third kappa shape index (κ3) is 5.05. The Bertz CT molecular complexity index is 221. The predicted molar refractivity (Wildman–Crippen MR) is 61.3 cm³/mol. The van der Waals surface area contributed by atoms with Crippen LogP contribution in [0.4, 0.5) is 0 Å². The molecule has 0 bridgehead atoms. The molecule has 0 radical (unpaired) electrons. The van der Waals surface area contributed by atoms with Gasteiger partial charge in [-0.25, -0.2) is 0 Å². The summed E-state index contributed by atoms with van der Waals surface area (Å²) in [5, 5.41) is 2.77. The fraction of sp³-hybridized carbons (Fsp3) is 0.900. The average molecular weight is 254 g/mol. The van der Waals surface area contributed by atoms with Gasteiger partial charge < -0.3 is 10.1 Å². The lowest BCUT2D eigenvalue weighted by Gasteiger charge is -2.04. The van der Waals surface area contributed by atoms with Crippen LogP contribution in [-0.4, -0.2) is 30.5 Å². The number of hydrogen-bond donors (Lipinski definition) is 1. The molecule has 0 aromatic rings. The van der Waals surface area contributed by atoms with Gasteiger partial charge in [0, 0.05) is 20.1 Å². The first-order chi connectivity index (χ1) is 7.06. The van der Waals surface area contributed by atoms with Crippen LogP contribution in [0.15, 0.2) is 0 Å². The number of rotatable bonds is 7. The summed E-state index contributed by atoms with van der Waals surface area (Å²) in [5.41, 5.74) is 0. The highest BCUT2D eigenvalue weighted by atomic mass is 35.5. The average Bonchev–Trinajstić information content (AvgIpc) is 2.74. The Kier molecular flexibility index (Phi) is 5.16. The van der Waals surface area contributed by atoms with E-state index < -0.39 is 4.33 Å². The third-order valence-corrected chi connectivity index (χ3v) is 3.47. The molecule has 0 aromatic heterocycles. The Hall–Kier alpha value is 0.01000. The minimum absolute atomic E-state index is 0.0717. The molecule has 0 spiro atoms. The van der Waals surface area contributed by atoms with Crippen LogP contribution in [0.3, 0.4) is 0 Å². The summed E-state index contributed by atoms with van der Waals surface area (Å²) in [4.78, 5) is 11.2. The van der Waals surface area contributed by atoms with Crippen molar-refractivity contribution in [1.82, 2.24) is 5.32 Å². The highest BCUT2D eigenvalue weighted by Crippen LogP contribution is 2.55. The number of carbonyl (C=O) groups is 1. The van der Waals surface area contributed by atoms with Crippen molar-refractivity contribution in [2.24, 2.45) is 5.92 Å². The van der Waals surface area contributed by atoms with Gasteiger partial charge in [0.1, 0.15) is 4.33 Å². The van der Waals surface area contributed by atoms with Crippen LogP contribution in [0, 0.1) is 5.92 Å². The number of carbonyl (C=O) groups excluding carboxylic acids is 1. The van der Waals surface area contributed by atoms with Crippen molar-refractivity contribution < 1.29 is 9.53 Å². The highest BCUT2D eigenvalue weighted by molar-refractivity contribution is 6.50. The molecule has 3 nitrogen and oxygen atoms in total. The minimum Gasteiger partial charge on any atom is -0.383 e. The second kappa shape index (κ2) is 5.92. The van der Waals surface area contributed by atoms with Crippen LogP contribution in [0.1, 0.15) is 25.7 Å². The number of hydrogen-bond acceptors (Lipinski definition) is 2. The number of nitrogens with one attached hydrogen (secondary N) is 1. The van der Waals surface area contributed by atoms with E-state index in [-0.39, 0.29) is 5.91 Å². The van der Waals surface area contributed by atoms with Gasteiger partial charge in [-0.2, -0.15) is 0 Å². The summed E-state index contributed by atoms with van der Waals surface area (Å²) in [7, 11) is 1.61. The smallest absolute Gasteiger partial charge is 0.220 e. The second-order valence-electron chi connectivity index (χ2n) is 3.90. The fourth-order valence-corrected chi connectivity index (χ4v) is 2.06. The predicted octanol–water partition coefficient (Wildman–Crippen LogP) is 2.11.